The molecule has 0 aliphatic carbocycles. The Labute approximate surface area is 86.2 Å². The van der Waals surface area contributed by atoms with E-state index in [1.807, 2.05) is 27.7 Å². The van der Waals surface area contributed by atoms with E-state index in [0.29, 0.717) is 5.92 Å². The maximum absolute atomic E-state index is 11.7. The van der Waals surface area contributed by atoms with Gasteiger partial charge in [0.1, 0.15) is 5.60 Å². The van der Waals surface area contributed by atoms with Gasteiger partial charge in [0.2, 0.25) is 0 Å². The van der Waals surface area contributed by atoms with Gasteiger partial charge < -0.3 is 10.1 Å². The number of ether oxygens (including phenoxy) is 1. The number of carbonyl (C=O) groups is 1. The minimum atomic E-state index is -0.364. The predicted molar refractivity (Wildman–Crippen MR) is 56.0 cm³/mol. The first kappa shape index (κ1) is 11.5. The van der Waals surface area contributed by atoms with Gasteiger partial charge in [0.05, 0.1) is 5.92 Å². The molecule has 3 heteroatoms. The van der Waals surface area contributed by atoms with Crippen LogP contribution in [-0.2, 0) is 9.53 Å². The molecular weight excluding hydrogens is 178 g/mol. The molecule has 0 spiro atoms. The summed E-state index contributed by atoms with van der Waals surface area (Å²) in [4.78, 5) is 11.7. The van der Waals surface area contributed by atoms with Crippen molar-refractivity contribution in [1.29, 1.82) is 0 Å². The van der Waals surface area contributed by atoms with Gasteiger partial charge in [-0.1, -0.05) is 6.92 Å². The molecule has 0 amide bonds. The molecule has 0 bridgehead atoms. The molecule has 1 saturated heterocycles. The molecule has 0 aromatic carbocycles. The fourth-order valence-electron chi connectivity index (χ4n) is 1.69. The first-order chi connectivity index (χ1) is 6.40. The van der Waals surface area contributed by atoms with E-state index in [-0.39, 0.29) is 17.5 Å². The quantitative estimate of drug-likeness (QED) is 0.686. The smallest absolute Gasteiger partial charge is 0.309 e. The van der Waals surface area contributed by atoms with Gasteiger partial charge in [0.15, 0.2) is 0 Å². The Balaban J connectivity index is 2.43. The highest BCUT2D eigenvalue weighted by Crippen LogP contribution is 2.22. The average molecular weight is 199 g/mol. The normalized spacial score (nSPS) is 24.7. The van der Waals surface area contributed by atoms with Crippen molar-refractivity contribution in [1.82, 2.24) is 5.32 Å². The van der Waals surface area contributed by atoms with Crippen LogP contribution in [0.3, 0.4) is 0 Å². The maximum Gasteiger partial charge on any atom is 0.309 e. The fourth-order valence-corrected chi connectivity index (χ4v) is 1.69. The van der Waals surface area contributed by atoms with Crippen LogP contribution in [0.4, 0.5) is 0 Å². The molecule has 2 atom stereocenters. The third kappa shape index (κ3) is 3.29. The van der Waals surface area contributed by atoms with Crippen LogP contribution in [0.1, 0.15) is 34.1 Å². The maximum atomic E-state index is 11.7. The zero-order valence-corrected chi connectivity index (χ0v) is 9.59. The first-order valence-corrected chi connectivity index (χ1v) is 5.34. The van der Waals surface area contributed by atoms with Crippen molar-refractivity contribution in [2.75, 3.05) is 13.1 Å². The minimum absolute atomic E-state index is 0.0178. The van der Waals surface area contributed by atoms with Gasteiger partial charge in [-0.15, -0.1) is 0 Å². The van der Waals surface area contributed by atoms with Crippen molar-refractivity contribution < 1.29 is 9.53 Å². The molecule has 1 aliphatic heterocycles. The van der Waals surface area contributed by atoms with E-state index in [4.69, 9.17) is 4.74 Å². The summed E-state index contributed by atoms with van der Waals surface area (Å²) < 4.78 is 5.35. The van der Waals surface area contributed by atoms with Gasteiger partial charge in [-0.2, -0.15) is 0 Å². The SMILES string of the molecule is CC(C(=O)OC(C)(C)C)C1CCNC1. The monoisotopic (exact) mass is 199 g/mol. The van der Waals surface area contributed by atoms with Gasteiger partial charge in [0, 0.05) is 0 Å². The lowest BCUT2D eigenvalue weighted by Crippen LogP contribution is -2.31. The number of rotatable bonds is 2. The van der Waals surface area contributed by atoms with Crippen LogP contribution in [0, 0.1) is 11.8 Å². The van der Waals surface area contributed by atoms with Crippen LogP contribution in [0.25, 0.3) is 0 Å². The van der Waals surface area contributed by atoms with Crippen molar-refractivity contribution in [3.63, 3.8) is 0 Å². The van der Waals surface area contributed by atoms with Crippen LogP contribution < -0.4 is 5.32 Å². The molecule has 82 valence electrons. The first-order valence-electron chi connectivity index (χ1n) is 5.34. The Morgan fingerprint density at radius 2 is 2.14 bits per heavy atom. The van der Waals surface area contributed by atoms with Crippen LogP contribution >= 0.6 is 0 Å². The van der Waals surface area contributed by atoms with E-state index in [9.17, 15) is 4.79 Å². The second kappa shape index (κ2) is 4.30. The highest BCUT2D eigenvalue weighted by Gasteiger charge is 2.30. The lowest BCUT2D eigenvalue weighted by atomic mass is 9.93. The summed E-state index contributed by atoms with van der Waals surface area (Å²) in [6.45, 7) is 9.66. The molecule has 1 heterocycles. The molecule has 2 unspecified atom stereocenters. The molecule has 1 rings (SSSR count). The minimum Gasteiger partial charge on any atom is -0.460 e. The second-order valence-corrected chi connectivity index (χ2v) is 5.08. The molecular formula is C11H21NO2. The lowest BCUT2D eigenvalue weighted by Gasteiger charge is -2.24. The van der Waals surface area contributed by atoms with E-state index in [1.165, 1.54) is 0 Å². The van der Waals surface area contributed by atoms with E-state index >= 15 is 0 Å². The predicted octanol–water partition coefficient (Wildman–Crippen LogP) is 1.57. The molecule has 0 radical (unpaired) electrons. The summed E-state index contributed by atoms with van der Waals surface area (Å²) in [5.74, 6) is 0.403. The van der Waals surface area contributed by atoms with E-state index in [2.05, 4.69) is 5.32 Å². The summed E-state index contributed by atoms with van der Waals surface area (Å²) in [6.07, 6.45) is 1.08. The fraction of sp³-hybridized carbons (Fsp3) is 0.909. The Morgan fingerprint density at radius 1 is 1.50 bits per heavy atom. The number of nitrogens with one attached hydrogen (secondary N) is 1. The number of hydrogen-bond donors (Lipinski definition) is 1. The van der Waals surface area contributed by atoms with Crippen molar-refractivity contribution >= 4 is 5.97 Å². The molecule has 3 nitrogen and oxygen atoms in total. The van der Waals surface area contributed by atoms with Gasteiger partial charge in [0.25, 0.3) is 0 Å². The van der Waals surface area contributed by atoms with Crippen molar-refractivity contribution in [3.05, 3.63) is 0 Å². The third-order valence-corrected chi connectivity index (χ3v) is 2.58. The highest BCUT2D eigenvalue weighted by atomic mass is 16.6. The van der Waals surface area contributed by atoms with E-state index in [1.54, 1.807) is 0 Å². The average Bonchev–Trinajstić information content (AvgIpc) is 2.51. The Hall–Kier alpha value is -0.570. The molecule has 0 aromatic rings. The lowest BCUT2D eigenvalue weighted by molar-refractivity contribution is -0.161. The molecule has 1 N–H and O–H groups in total. The van der Waals surface area contributed by atoms with Gasteiger partial charge in [-0.3, -0.25) is 4.79 Å². The summed E-state index contributed by atoms with van der Waals surface area (Å²) in [5.41, 5.74) is -0.364. The molecule has 1 aliphatic rings. The van der Waals surface area contributed by atoms with Crippen molar-refractivity contribution in [2.45, 2.75) is 39.7 Å². The van der Waals surface area contributed by atoms with Gasteiger partial charge >= 0.3 is 5.97 Å². The Morgan fingerprint density at radius 3 is 2.57 bits per heavy atom. The van der Waals surface area contributed by atoms with Crippen LogP contribution in [0.2, 0.25) is 0 Å². The number of carbonyl (C=O) groups excluding carboxylic acids is 1. The van der Waals surface area contributed by atoms with Crippen LogP contribution in [-0.4, -0.2) is 24.7 Å². The summed E-state index contributed by atoms with van der Waals surface area (Å²) >= 11 is 0. The topological polar surface area (TPSA) is 38.3 Å². The van der Waals surface area contributed by atoms with Crippen molar-refractivity contribution in [2.24, 2.45) is 11.8 Å². The third-order valence-electron chi connectivity index (χ3n) is 2.58. The molecule has 0 aromatic heterocycles. The molecule has 0 saturated carbocycles. The van der Waals surface area contributed by atoms with Crippen LogP contribution in [0.5, 0.6) is 0 Å². The van der Waals surface area contributed by atoms with Crippen molar-refractivity contribution in [3.8, 4) is 0 Å². The number of hydrogen-bond acceptors (Lipinski definition) is 3. The Kier molecular flexibility index (Phi) is 3.53. The Bertz CT molecular complexity index is 202. The zero-order valence-electron chi connectivity index (χ0n) is 9.59. The highest BCUT2D eigenvalue weighted by molar-refractivity contribution is 5.72. The van der Waals surface area contributed by atoms with E-state index < -0.39 is 0 Å². The largest absolute Gasteiger partial charge is 0.460 e. The standard InChI is InChI=1S/C11H21NO2/c1-8(9-5-6-12-7-9)10(13)14-11(2,3)4/h8-9,12H,5-7H2,1-4H3. The van der Waals surface area contributed by atoms with Crippen LogP contribution in [0.15, 0.2) is 0 Å². The molecule has 1 fully saturated rings. The summed E-state index contributed by atoms with van der Waals surface area (Å²) in [5, 5.41) is 3.26. The molecule has 14 heavy (non-hydrogen) atoms. The van der Waals surface area contributed by atoms with Gasteiger partial charge in [-0.05, 0) is 46.2 Å². The summed E-state index contributed by atoms with van der Waals surface area (Å²) in [7, 11) is 0. The van der Waals surface area contributed by atoms with Gasteiger partial charge in [-0.25, -0.2) is 0 Å². The second-order valence-electron chi connectivity index (χ2n) is 5.08. The zero-order chi connectivity index (χ0) is 10.8. The summed E-state index contributed by atoms with van der Waals surface area (Å²) in [6, 6.07) is 0. The van der Waals surface area contributed by atoms with E-state index in [0.717, 1.165) is 19.5 Å². The number of esters is 1.